The number of nitrogens with zero attached hydrogens (tertiary/aromatic N) is 1. The van der Waals surface area contributed by atoms with Crippen LogP contribution in [0.15, 0.2) is 40.8 Å². The van der Waals surface area contributed by atoms with Crippen molar-refractivity contribution in [2.24, 2.45) is 0 Å². The number of ether oxygens (including phenoxy) is 1. The Bertz CT molecular complexity index is 789. The number of furan rings is 1. The summed E-state index contributed by atoms with van der Waals surface area (Å²) in [4.78, 5) is 25.1. The molecule has 2 aromatic rings. The molecule has 1 aliphatic rings. The molecule has 1 aromatic heterocycles. The van der Waals surface area contributed by atoms with Gasteiger partial charge in [-0.1, -0.05) is 6.07 Å². The van der Waals surface area contributed by atoms with Crippen molar-refractivity contribution in [3.63, 3.8) is 0 Å². The first-order valence-electron chi connectivity index (χ1n) is 8.51. The minimum Gasteiger partial charge on any atom is -0.493 e. The van der Waals surface area contributed by atoms with Gasteiger partial charge in [0, 0.05) is 25.2 Å². The standard InChI is InChI=1S/C19H22N2O4S/c1-13-7-8-17(25-13)19-21(18(23)12-26-19)9-4-10-24-16-6-3-5-15(11-16)20-14(2)22/h3,5-8,11,19H,4,9-10,12H2,1-2H3,(H,20,22). The largest absolute Gasteiger partial charge is 0.493 e. The molecule has 0 spiro atoms. The van der Waals surface area contributed by atoms with Crippen molar-refractivity contribution < 1.29 is 18.7 Å². The maximum atomic E-state index is 12.2. The Hall–Kier alpha value is -2.41. The number of hydrogen-bond donors (Lipinski definition) is 1. The molecule has 2 amide bonds. The Kier molecular flexibility index (Phi) is 5.88. The fourth-order valence-corrected chi connectivity index (χ4v) is 3.97. The SMILES string of the molecule is CC(=O)Nc1cccc(OCCCN2C(=O)CSC2c2ccc(C)o2)c1. The smallest absolute Gasteiger partial charge is 0.233 e. The van der Waals surface area contributed by atoms with Crippen LogP contribution in [0.1, 0.15) is 30.2 Å². The Balaban J connectivity index is 1.51. The first-order chi connectivity index (χ1) is 12.5. The third kappa shape index (κ3) is 4.60. The number of thioether (sulfide) groups is 1. The van der Waals surface area contributed by atoms with Crippen LogP contribution >= 0.6 is 11.8 Å². The zero-order valence-electron chi connectivity index (χ0n) is 14.9. The van der Waals surface area contributed by atoms with Gasteiger partial charge in [0.05, 0.1) is 12.4 Å². The number of amides is 2. The molecule has 0 radical (unpaired) electrons. The Morgan fingerprint density at radius 2 is 2.23 bits per heavy atom. The van der Waals surface area contributed by atoms with E-state index >= 15 is 0 Å². The van der Waals surface area contributed by atoms with Crippen LogP contribution in [0.2, 0.25) is 0 Å². The van der Waals surface area contributed by atoms with E-state index < -0.39 is 0 Å². The monoisotopic (exact) mass is 374 g/mol. The Labute approximate surface area is 156 Å². The van der Waals surface area contributed by atoms with Gasteiger partial charge in [0.15, 0.2) is 0 Å². The van der Waals surface area contributed by atoms with E-state index in [0.29, 0.717) is 36.8 Å². The molecule has 0 aliphatic carbocycles. The highest BCUT2D eigenvalue weighted by molar-refractivity contribution is 8.00. The predicted molar refractivity (Wildman–Crippen MR) is 101 cm³/mol. The molecule has 1 aliphatic heterocycles. The Morgan fingerprint density at radius 1 is 1.38 bits per heavy atom. The van der Waals surface area contributed by atoms with Gasteiger partial charge in [-0.3, -0.25) is 9.59 Å². The van der Waals surface area contributed by atoms with Gasteiger partial charge in [0.25, 0.3) is 0 Å². The summed E-state index contributed by atoms with van der Waals surface area (Å²) in [6.07, 6.45) is 0.715. The maximum absolute atomic E-state index is 12.2. The fraction of sp³-hybridized carbons (Fsp3) is 0.368. The molecule has 1 unspecified atom stereocenters. The first-order valence-corrected chi connectivity index (χ1v) is 9.55. The van der Waals surface area contributed by atoms with Crippen LogP contribution in [0.25, 0.3) is 0 Å². The highest BCUT2D eigenvalue weighted by atomic mass is 32.2. The van der Waals surface area contributed by atoms with E-state index in [0.717, 1.165) is 11.5 Å². The molecule has 138 valence electrons. The molecular formula is C19H22N2O4S. The number of rotatable bonds is 7. The number of aryl methyl sites for hydroxylation is 1. The number of hydrogen-bond acceptors (Lipinski definition) is 5. The average molecular weight is 374 g/mol. The second kappa shape index (κ2) is 8.31. The van der Waals surface area contributed by atoms with Crippen LogP contribution in [-0.4, -0.2) is 35.6 Å². The second-order valence-corrected chi connectivity index (χ2v) is 7.18. The lowest BCUT2D eigenvalue weighted by molar-refractivity contribution is -0.128. The van der Waals surface area contributed by atoms with Crippen LogP contribution in [0, 0.1) is 6.92 Å². The molecule has 1 fully saturated rings. The van der Waals surface area contributed by atoms with Gasteiger partial charge in [-0.25, -0.2) is 0 Å². The van der Waals surface area contributed by atoms with Crippen molar-refractivity contribution in [3.8, 4) is 5.75 Å². The average Bonchev–Trinajstić information content (AvgIpc) is 3.17. The van der Waals surface area contributed by atoms with E-state index in [1.54, 1.807) is 17.8 Å². The van der Waals surface area contributed by atoms with Crippen LogP contribution in [0.5, 0.6) is 5.75 Å². The molecule has 1 aromatic carbocycles. The third-order valence-corrected chi connectivity index (χ3v) is 5.16. The highest BCUT2D eigenvalue weighted by Crippen LogP contribution is 2.39. The maximum Gasteiger partial charge on any atom is 0.233 e. The van der Waals surface area contributed by atoms with Gasteiger partial charge in [0.2, 0.25) is 11.8 Å². The summed E-state index contributed by atoms with van der Waals surface area (Å²) < 4.78 is 11.4. The number of nitrogens with one attached hydrogen (secondary N) is 1. The van der Waals surface area contributed by atoms with E-state index in [1.165, 1.54) is 6.92 Å². The minimum atomic E-state index is -0.119. The highest BCUT2D eigenvalue weighted by Gasteiger charge is 2.34. The molecule has 6 nitrogen and oxygen atoms in total. The molecule has 3 rings (SSSR count). The van der Waals surface area contributed by atoms with Crippen molar-refractivity contribution in [2.45, 2.75) is 25.6 Å². The quantitative estimate of drug-likeness (QED) is 0.750. The number of carbonyl (C=O) groups is 2. The zero-order chi connectivity index (χ0) is 18.5. The van der Waals surface area contributed by atoms with Gasteiger partial charge in [-0.15, -0.1) is 11.8 Å². The molecule has 7 heteroatoms. The molecule has 0 bridgehead atoms. The van der Waals surface area contributed by atoms with Crippen LogP contribution in [-0.2, 0) is 9.59 Å². The first kappa shape index (κ1) is 18.4. The lowest BCUT2D eigenvalue weighted by atomic mass is 10.3. The van der Waals surface area contributed by atoms with Crippen LogP contribution in [0.4, 0.5) is 5.69 Å². The van der Waals surface area contributed by atoms with Gasteiger partial charge in [-0.05, 0) is 37.6 Å². The second-order valence-electron chi connectivity index (χ2n) is 6.11. The van der Waals surface area contributed by atoms with Gasteiger partial charge < -0.3 is 19.4 Å². The molecular weight excluding hydrogens is 352 g/mol. The summed E-state index contributed by atoms with van der Waals surface area (Å²) in [5, 5.41) is 2.67. The molecule has 0 saturated carbocycles. The lowest BCUT2D eigenvalue weighted by Gasteiger charge is -2.22. The lowest BCUT2D eigenvalue weighted by Crippen LogP contribution is -2.30. The van der Waals surface area contributed by atoms with Crippen molar-refractivity contribution >= 4 is 29.3 Å². The number of carbonyl (C=O) groups excluding carboxylic acids is 2. The van der Waals surface area contributed by atoms with E-state index in [2.05, 4.69) is 5.32 Å². The molecule has 1 saturated heterocycles. The van der Waals surface area contributed by atoms with E-state index in [4.69, 9.17) is 9.15 Å². The Morgan fingerprint density at radius 3 is 2.96 bits per heavy atom. The van der Waals surface area contributed by atoms with Crippen LogP contribution < -0.4 is 10.1 Å². The summed E-state index contributed by atoms with van der Waals surface area (Å²) in [5.74, 6) is 2.85. The van der Waals surface area contributed by atoms with Gasteiger partial charge in [0.1, 0.15) is 22.6 Å². The predicted octanol–water partition coefficient (Wildman–Crippen LogP) is 3.59. The fourth-order valence-electron chi connectivity index (χ4n) is 2.81. The summed E-state index contributed by atoms with van der Waals surface area (Å²) in [6, 6.07) is 11.1. The van der Waals surface area contributed by atoms with Gasteiger partial charge in [-0.2, -0.15) is 0 Å². The van der Waals surface area contributed by atoms with E-state index in [-0.39, 0.29) is 17.2 Å². The van der Waals surface area contributed by atoms with Crippen LogP contribution in [0.3, 0.4) is 0 Å². The van der Waals surface area contributed by atoms with E-state index in [9.17, 15) is 9.59 Å². The molecule has 2 heterocycles. The third-order valence-electron chi connectivity index (χ3n) is 3.94. The molecule has 1 atom stereocenters. The van der Waals surface area contributed by atoms with Crippen molar-refractivity contribution in [1.29, 1.82) is 0 Å². The van der Waals surface area contributed by atoms with Crippen molar-refractivity contribution in [1.82, 2.24) is 4.90 Å². The summed E-state index contributed by atoms with van der Waals surface area (Å²) in [7, 11) is 0. The zero-order valence-corrected chi connectivity index (χ0v) is 15.7. The molecule has 1 N–H and O–H groups in total. The van der Waals surface area contributed by atoms with Crippen molar-refractivity contribution in [2.75, 3.05) is 24.2 Å². The topological polar surface area (TPSA) is 71.8 Å². The summed E-state index contributed by atoms with van der Waals surface area (Å²) in [5.41, 5.74) is 0.703. The molecule has 26 heavy (non-hydrogen) atoms. The summed E-state index contributed by atoms with van der Waals surface area (Å²) >= 11 is 1.59. The van der Waals surface area contributed by atoms with E-state index in [1.807, 2.05) is 42.2 Å². The number of anilines is 1. The normalized spacial score (nSPS) is 16.8. The van der Waals surface area contributed by atoms with Crippen molar-refractivity contribution in [3.05, 3.63) is 47.9 Å². The van der Waals surface area contributed by atoms with Gasteiger partial charge >= 0.3 is 0 Å². The number of benzene rings is 1. The minimum absolute atomic E-state index is 0.0562. The summed E-state index contributed by atoms with van der Waals surface area (Å²) in [6.45, 7) is 4.47.